The van der Waals surface area contributed by atoms with Crippen molar-refractivity contribution >= 4 is 28.8 Å². The van der Waals surface area contributed by atoms with Crippen LogP contribution in [0, 0.1) is 0 Å². The molecule has 4 rings (SSSR count). The van der Waals surface area contributed by atoms with Gasteiger partial charge in [-0.1, -0.05) is 55.6 Å². The lowest BCUT2D eigenvalue weighted by Gasteiger charge is -2.18. The summed E-state index contributed by atoms with van der Waals surface area (Å²) >= 11 is 1.80. The first-order valence-corrected chi connectivity index (χ1v) is 12.8. The minimum absolute atomic E-state index is 0.617. The lowest BCUT2D eigenvalue weighted by atomic mass is 9.95. The van der Waals surface area contributed by atoms with E-state index in [4.69, 9.17) is 15.7 Å². The minimum atomic E-state index is 0.617. The molecule has 0 atom stereocenters. The average molecular weight is 438 g/mol. The van der Waals surface area contributed by atoms with Gasteiger partial charge in [-0.25, -0.2) is 9.97 Å². The van der Waals surface area contributed by atoms with Gasteiger partial charge in [0.05, 0.1) is 5.52 Å². The maximum absolute atomic E-state index is 6.35. The van der Waals surface area contributed by atoms with Gasteiger partial charge >= 0.3 is 0 Å². The molecule has 1 aromatic carbocycles. The largest absolute Gasteiger partial charge is 0.382 e. The average Bonchev–Trinajstić information content (AvgIpc) is 3.17. The van der Waals surface area contributed by atoms with Crippen molar-refractivity contribution in [2.45, 2.75) is 77.0 Å². The van der Waals surface area contributed by atoms with Crippen LogP contribution in [0.4, 0.5) is 5.82 Å². The molecule has 0 fully saturated rings. The Bertz CT molecular complexity index is 983. The lowest BCUT2D eigenvalue weighted by Crippen LogP contribution is -2.12. The van der Waals surface area contributed by atoms with Crippen LogP contribution in [-0.4, -0.2) is 21.1 Å². The zero-order valence-electron chi connectivity index (χ0n) is 18.7. The van der Waals surface area contributed by atoms with E-state index in [0.29, 0.717) is 5.82 Å². The van der Waals surface area contributed by atoms with Gasteiger partial charge in [0.2, 0.25) is 0 Å². The molecular weight excluding hydrogens is 402 g/mol. The summed E-state index contributed by atoms with van der Waals surface area (Å²) < 4.78 is 6.00. The van der Waals surface area contributed by atoms with Crippen molar-refractivity contribution in [1.29, 1.82) is 0 Å². The summed E-state index contributed by atoms with van der Waals surface area (Å²) in [5, 5.41) is 0. The molecule has 0 radical (unpaired) electrons. The number of pyridine rings is 1. The van der Waals surface area contributed by atoms with Crippen LogP contribution in [0.2, 0.25) is 0 Å². The molecule has 3 aromatic rings. The number of nitrogens with one attached hydrogen (secondary N) is 1. The summed E-state index contributed by atoms with van der Waals surface area (Å²) in [6.45, 7) is 4.27. The molecule has 1 aliphatic rings. The van der Waals surface area contributed by atoms with Crippen LogP contribution in [0.25, 0.3) is 11.0 Å². The molecule has 0 saturated heterocycles. The third-order valence-corrected chi connectivity index (χ3v) is 7.00. The number of fused-ring (bicyclic) bond motifs is 3. The number of imidazole rings is 1. The molecule has 3 N–H and O–H groups in total. The maximum atomic E-state index is 6.35. The molecule has 0 bridgehead atoms. The smallest absolute Gasteiger partial charge is 0.151 e. The second-order valence-electron chi connectivity index (χ2n) is 8.49. The predicted molar refractivity (Wildman–Crippen MR) is 132 cm³/mol. The predicted octanol–water partition coefficient (Wildman–Crippen LogP) is 5.45. The Hall–Kier alpha value is -2.05. The standard InChI is InChI=1S/C25H35N5S/c1-2-3-15-22-29-23-24(20-13-7-8-14-21(20)28-25(23)26)30(22)17-10-9-16-27-31-18-19-11-5-4-6-12-19/h4-6,11-12,27H,2-3,7-10,13-18H2,1H3,(H2,26,28). The zero-order valence-corrected chi connectivity index (χ0v) is 19.5. The molecule has 166 valence electrons. The van der Waals surface area contributed by atoms with E-state index in [1.54, 1.807) is 11.9 Å². The van der Waals surface area contributed by atoms with Gasteiger partial charge in [-0.15, -0.1) is 0 Å². The van der Waals surface area contributed by atoms with E-state index in [0.717, 1.165) is 62.9 Å². The van der Waals surface area contributed by atoms with E-state index < -0.39 is 0 Å². The summed E-state index contributed by atoms with van der Waals surface area (Å²) in [4.78, 5) is 9.70. The van der Waals surface area contributed by atoms with Crippen molar-refractivity contribution in [3.05, 3.63) is 53.0 Å². The van der Waals surface area contributed by atoms with Gasteiger partial charge in [0, 0.05) is 31.0 Å². The van der Waals surface area contributed by atoms with Crippen molar-refractivity contribution in [2.24, 2.45) is 0 Å². The second-order valence-corrected chi connectivity index (χ2v) is 9.35. The monoisotopic (exact) mass is 437 g/mol. The molecular formula is C25H35N5S. The number of nitrogens with two attached hydrogens (primary N) is 1. The van der Waals surface area contributed by atoms with Crippen LogP contribution in [0.5, 0.6) is 0 Å². The van der Waals surface area contributed by atoms with Crippen LogP contribution in [-0.2, 0) is 31.6 Å². The summed E-state index contributed by atoms with van der Waals surface area (Å²) in [7, 11) is 0. The summed E-state index contributed by atoms with van der Waals surface area (Å²) in [5.74, 6) is 2.81. The number of aryl methyl sites for hydroxylation is 4. The molecule has 5 nitrogen and oxygen atoms in total. The van der Waals surface area contributed by atoms with Gasteiger partial charge in [0.1, 0.15) is 11.3 Å². The molecule has 0 amide bonds. The summed E-state index contributed by atoms with van der Waals surface area (Å²) in [6.07, 6.45) is 10.3. The van der Waals surface area contributed by atoms with E-state index in [9.17, 15) is 0 Å². The molecule has 1 aliphatic carbocycles. The summed E-state index contributed by atoms with van der Waals surface area (Å²) in [6, 6.07) is 10.6. The number of unbranched alkanes of at least 4 members (excludes halogenated alkanes) is 2. The highest BCUT2D eigenvalue weighted by Crippen LogP contribution is 2.32. The number of aromatic nitrogens is 3. The third kappa shape index (κ3) is 5.42. The SMILES string of the molecule is CCCCc1nc2c(N)nc3c(c2n1CCCCNSCc1ccccc1)CCCC3. The molecule has 6 heteroatoms. The first-order chi connectivity index (χ1) is 15.3. The first kappa shape index (κ1) is 22.2. The van der Waals surface area contributed by atoms with Gasteiger partial charge < -0.3 is 10.3 Å². The lowest BCUT2D eigenvalue weighted by molar-refractivity contribution is 0.583. The van der Waals surface area contributed by atoms with E-state index in [1.807, 2.05) is 0 Å². The van der Waals surface area contributed by atoms with Gasteiger partial charge in [-0.3, -0.25) is 4.72 Å². The molecule has 0 saturated carbocycles. The Morgan fingerprint density at radius 3 is 2.74 bits per heavy atom. The number of nitrogens with zero attached hydrogens (tertiary/aromatic N) is 3. The normalized spacial score (nSPS) is 13.6. The zero-order chi connectivity index (χ0) is 21.5. The van der Waals surface area contributed by atoms with Gasteiger partial charge in [-0.2, -0.15) is 0 Å². The van der Waals surface area contributed by atoms with E-state index in [1.165, 1.54) is 47.4 Å². The molecule has 0 spiro atoms. The highest BCUT2D eigenvalue weighted by Gasteiger charge is 2.22. The van der Waals surface area contributed by atoms with E-state index >= 15 is 0 Å². The van der Waals surface area contributed by atoms with Gasteiger partial charge in [-0.05, 0) is 56.1 Å². The summed E-state index contributed by atoms with van der Waals surface area (Å²) in [5.41, 5.74) is 12.5. The Balaban J connectivity index is 1.40. The van der Waals surface area contributed by atoms with Crippen molar-refractivity contribution in [3.8, 4) is 0 Å². The van der Waals surface area contributed by atoms with E-state index in [-0.39, 0.29) is 0 Å². The first-order valence-electron chi connectivity index (χ1n) is 11.8. The highest BCUT2D eigenvalue weighted by molar-refractivity contribution is 7.96. The molecule has 2 heterocycles. The fourth-order valence-electron chi connectivity index (χ4n) is 4.46. The molecule has 0 unspecified atom stereocenters. The van der Waals surface area contributed by atoms with Crippen LogP contribution < -0.4 is 10.5 Å². The topological polar surface area (TPSA) is 68.8 Å². The van der Waals surface area contributed by atoms with Crippen molar-refractivity contribution in [3.63, 3.8) is 0 Å². The van der Waals surface area contributed by atoms with E-state index in [2.05, 4.69) is 46.5 Å². The number of anilines is 1. The fourth-order valence-corrected chi connectivity index (χ4v) is 5.21. The quantitative estimate of drug-likeness (QED) is 0.308. The van der Waals surface area contributed by atoms with Gasteiger partial charge in [0.15, 0.2) is 5.82 Å². The fraction of sp³-hybridized carbons (Fsp3) is 0.520. The Morgan fingerprint density at radius 2 is 1.90 bits per heavy atom. The minimum Gasteiger partial charge on any atom is -0.382 e. The van der Waals surface area contributed by atoms with Crippen molar-refractivity contribution in [2.75, 3.05) is 12.3 Å². The second kappa shape index (κ2) is 11.0. The number of hydrogen-bond acceptors (Lipinski definition) is 5. The van der Waals surface area contributed by atoms with Crippen LogP contribution in [0.3, 0.4) is 0 Å². The van der Waals surface area contributed by atoms with Crippen LogP contribution in [0.1, 0.15) is 68.1 Å². The van der Waals surface area contributed by atoms with Gasteiger partial charge in [0.25, 0.3) is 0 Å². The molecule has 31 heavy (non-hydrogen) atoms. The Morgan fingerprint density at radius 1 is 1.06 bits per heavy atom. The molecule has 0 aliphatic heterocycles. The number of hydrogen-bond donors (Lipinski definition) is 2. The Kier molecular flexibility index (Phi) is 7.86. The van der Waals surface area contributed by atoms with Crippen LogP contribution in [0.15, 0.2) is 30.3 Å². The van der Waals surface area contributed by atoms with Crippen molar-refractivity contribution in [1.82, 2.24) is 19.3 Å². The number of benzene rings is 1. The van der Waals surface area contributed by atoms with Crippen LogP contribution >= 0.6 is 11.9 Å². The third-order valence-electron chi connectivity index (χ3n) is 6.12. The molecule has 2 aromatic heterocycles. The Labute approximate surface area is 190 Å². The maximum Gasteiger partial charge on any atom is 0.151 e. The highest BCUT2D eigenvalue weighted by atomic mass is 32.2. The number of rotatable bonds is 11. The number of nitrogen functional groups attached to an aromatic ring is 1. The van der Waals surface area contributed by atoms with Crippen molar-refractivity contribution < 1.29 is 0 Å².